The first-order valence-corrected chi connectivity index (χ1v) is 14.4. The molecule has 7 nitrogen and oxygen atoms in total. The highest BCUT2D eigenvalue weighted by Gasteiger charge is 2.50. The van der Waals surface area contributed by atoms with E-state index in [1.165, 1.54) is 18.3 Å². The van der Waals surface area contributed by atoms with Gasteiger partial charge >= 0.3 is 6.09 Å². The first kappa shape index (κ1) is 28.8. The Balaban J connectivity index is 1.57. The van der Waals surface area contributed by atoms with Crippen molar-refractivity contribution in [2.75, 3.05) is 0 Å². The maximum Gasteiger partial charge on any atom is 0.408 e. The molecule has 1 saturated carbocycles. The van der Waals surface area contributed by atoms with E-state index in [1.54, 1.807) is 17.0 Å². The van der Waals surface area contributed by atoms with Gasteiger partial charge in [0.2, 0.25) is 5.43 Å². The Bertz CT molecular complexity index is 2000. The zero-order valence-corrected chi connectivity index (χ0v) is 24.6. The van der Waals surface area contributed by atoms with Gasteiger partial charge in [0.15, 0.2) is 5.58 Å². The van der Waals surface area contributed by atoms with Gasteiger partial charge in [0.1, 0.15) is 23.3 Å². The minimum Gasteiger partial charge on any atom is -0.465 e. The summed E-state index contributed by atoms with van der Waals surface area (Å²) in [5.74, 6) is -0.386. The van der Waals surface area contributed by atoms with Gasteiger partial charge in [-0.05, 0) is 63.3 Å². The fourth-order valence-corrected chi connectivity index (χ4v) is 6.42. The Hall–Kier alpha value is -5.29. The van der Waals surface area contributed by atoms with Crippen molar-refractivity contribution in [2.45, 2.75) is 51.1 Å². The van der Waals surface area contributed by atoms with Crippen molar-refractivity contribution in [2.24, 2.45) is 0 Å². The summed E-state index contributed by atoms with van der Waals surface area (Å²) < 4.78 is 21.1. The van der Waals surface area contributed by atoms with Crippen molar-refractivity contribution in [3.05, 3.63) is 112 Å². The van der Waals surface area contributed by atoms with Crippen molar-refractivity contribution in [3.8, 4) is 39.8 Å². The van der Waals surface area contributed by atoms with Gasteiger partial charge in [0.05, 0.1) is 22.1 Å². The number of hydrogen-bond acceptors (Lipinski definition) is 5. The molecule has 1 fully saturated rings. The number of amides is 1. The van der Waals surface area contributed by atoms with E-state index in [1.807, 2.05) is 81.4 Å². The second-order valence-electron chi connectivity index (χ2n) is 12.1. The van der Waals surface area contributed by atoms with Gasteiger partial charge in [-0.1, -0.05) is 66.7 Å². The monoisotopic (exact) mass is 587 g/mol. The number of hydrogen-bond donors (Lipinski definition) is 1. The highest BCUT2D eigenvalue weighted by Crippen LogP contribution is 2.50. The number of carboxylic acid groups (broad SMARTS) is 1. The van der Waals surface area contributed by atoms with Gasteiger partial charge in [-0.25, -0.2) is 9.18 Å². The molecular weight excluding hydrogens is 557 g/mol. The maximum absolute atomic E-state index is 14.6. The summed E-state index contributed by atoms with van der Waals surface area (Å²) in [6, 6.07) is 24.4. The van der Waals surface area contributed by atoms with Crippen LogP contribution in [0.5, 0.6) is 0 Å². The van der Waals surface area contributed by atoms with E-state index in [-0.39, 0.29) is 33.2 Å². The van der Waals surface area contributed by atoms with Crippen LogP contribution in [0.25, 0.3) is 44.7 Å². The number of benzene rings is 3. The third-order valence-electron chi connectivity index (χ3n) is 8.41. The normalized spacial score (nSPS) is 14.1. The van der Waals surface area contributed by atoms with Crippen LogP contribution < -0.4 is 5.43 Å². The van der Waals surface area contributed by atoms with Gasteiger partial charge in [-0.3, -0.25) is 14.7 Å². The molecule has 3 aromatic carbocycles. The fourth-order valence-electron chi connectivity index (χ4n) is 6.42. The van der Waals surface area contributed by atoms with Crippen molar-refractivity contribution in [1.82, 2.24) is 9.88 Å². The number of nitriles is 1. The largest absolute Gasteiger partial charge is 0.465 e. The van der Waals surface area contributed by atoms with Gasteiger partial charge in [-0.2, -0.15) is 5.26 Å². The van der Waals surface area contributed by atoms with Crippen LogP contribution in [0.3, 0.4) is 0 Å². The van der Waals surface area contributed by atoms with E-state index < -0.39 is 23.0 Å². The van der Waals surface area contributed by atoms with Gasteiger partial charge in [0, 0.05) is 22.9 Å². The molecule has 1 amide bonds. The first-order chi connectivity index (χ1) is 21.1. The van der Waals surface area contributed by atoms with Crippen molar-refractivity contribution in [3.63, 3.8) is 0 Å². The summed E-state index contributed by atoms with van der Waals surface area (Å²) in [5, 5.41) is 20.1. The van der Waals surface area contributed by atoms with Crippen LogP contribution in [0, 0.1) is 17.1 Å². The second kappa shape index (κ2) is 10.8. The third kappa shape index (κ3) is 4.62. The lowest BCUT2D eigenvalue weighted by atomic mass is 9.69. The Morgan fingerprint density at radius 1 is 1.00 bits per heavy atom. The molecule has 1 N–H and O–H groups in total. The lowest BCUT2D eigenvalue weighted by Gasteiger charge is -2.54. The summed E-state index contributed by atoms with van der Waals surface area (Å²) >= 11 is 0. The number of carbonyl (C=O) groups is 1. The Kier molecular flexibility index (Phi) is 7.05. The second-order valence-corrected chi connectivity index (χ2v) is 12.1. The molecule has 44 heavy (non-hydrogen) atoms. The maximum atomic E-state index is 14.6. The zero-order valence-electron chi connectivity index (χ0n) is 24.6. The molecule has 0 spiro atoms. The molecule has 1 aliphatic rings. The van der Waals surface area contributed by atoms with Crippen LogP contribution in [0.2, 0.25) is 0 Å². The van der Waals surface area contributed by atoms with E-state index in [2.05, 4.69) is 4.98 Å². The van der Waals surface area contributed by atoms with E-state index in [9.17, 15) is 24.3 Å². The minimum atomic E-state index is -0.968. The molecule has 5 aromatic rings. The SMILES string of the molecule is CC(C)(C)N(C(=O)O)C1(c2ccc(-c3c(-c4ccccc4)oc4c(-c5cccc(F)c5C#N)nccc4c3=O)cc2)CCC1. The van der Waals surface area contributed by atoms with Crippen LogP contribution in [0.4, 0.5) is 9.18 Å². The fraction of sp³-hybridized carbons (Fsp3) is 0.222. The molecule has 8 heteroatoms. The molecule has 0 bridgehead atoms. The smallest absolute Gasteiger partial charge is 0.408 e. The Morgan fingerprint density at radius 3 is 2.30 bits per heavy atom. The minimum absolute atomic E-state index is 0.148. The topological polar surface area (TPSA) is 107 Å². The van der Waals surface area contributed by atoms with Crippen molar-refractivity contribution < 1.29 is 18.7 Å². The number of nitrogens with zero attached hydrogens (tertiary/aromatic N) is 3. The highest BCUT2D eigenvalue weighted by molar-refractivity contribution is 5.96. The highest BCUT2D eigenvalue weighted by atomic mass is 19.1. The van der Waals surface area contributed by atoms with Crippen LogP contribution in [-0.4, -0.2) is 26.6 Å². The Morgan fingerprint density at radius 2 is 1.70 bits per heavy atom. The van der Waals surface area contributed by atoms with Gasteiger partial charge in [-0.15, -0.1) is 0 Å². The van der Waals surface area contributed by atoms with E-state index in [4.69, 9.17) is 4.42 Å². The molecular formula is C36H30FN3O4. The molecule has 220 valence electrons. The molecule has 1 aliphatic carbocycles. The summed E-state index contributed by atoms with van der Waals surface area (Å²) in [6.07, 6.45) is 2.82. The molecule has 0 aliphatic heterocycles. The first-order valence-electron chi connectivity index (χ1n) is 14.4. The molecule has 0 atom stereocenters. The molecule has 0 unspecified atom stereocenters. The van der Waals surface area contributed by atoms with Crippen molar-refractivity contribution >= 4 is 17.1 Å². The molecule has 0 radical (unpaired) electrons. The van der Waals surface area contributed by atoms with Gasteiger partial charge < -0.3 is 9.52 Å². The Labute approximate surface area is 253 Å². The van der Waals surface area contributed by atoms with Crippen molar-refractivity contribution in [1.29, 1.82) is 5.26 Å². The summed E-state index contributed by atoms with van der Waals surface area (Å²) in [6.45, 7) is 5.69. The summed E-state index contributed by atoms with van der Waals surface area (Å²) in [4.78, 5) is 32.7. The standard InChI is InChI=1S/C36H30FN3O4/c1-35(2,3)40(34(42)43)36(18-8-19-36)24-15-13-22(14-16-24)29-31(41)26-17-20-39-30(25-11-7-12-28(37)27(25)21-38)33(26)44-32(29)23-9-5-4-6-10-23/h4-7,9-17,20H,8,18-19H2,1-3H3,(H,42,43). The van der Waals surface area contributed by atoms with Crippen LogP contribution >= 0.6 is 0 Å². The van der Waals surface area contributed by atoms with E-state index in [0.717, 1.165) is 12.0 Å². The molecule has 6 rings (SSSR count). The predicted octanol–water partition coefficient (Wildman–Crippen LogP) is 8.36. The number of aromatic nitrogens is 1. The number of rotatable bonds is 5. The lowest BCUT2D eigenvalue weighted by Crippen LogP contribution is -2.60. The number of fused-ring (bicyclic) bond motifs is 1. The average molecular weight is 588 g/mol. The van der Waals surface area contributed by atoms with E-state index >= 15 is 0 Å². The average Bonchev–Trinajstić information content (AvgIpc) is 2.98. The van der Waals surface area contributed by atoms with Crippen LogP contribution in [-0.2, 0) is 5.54 Å². The third-order valence-corrected chi connectivity index (χ3v) is 8.41. The summed E-state index contributed by atoms with van der Waals surface area (Å²) in [7, 11) is 0. The van der Waals surface area contributed by atoms with E-state index in [0.29, 0.717) is 35.3 Å². The van der Waals surface area contributed by atoms with Crippen LogP contribution in [0.1, 0.15) is 51.2 Å². The quantitative estimate of drug-likeness (QED) is 0.221. The molecule has 2 aromatic heterocycles. The summed E-state index contributed by atoms with van der Waals surface area (Å²) in [5.41, 5.74) is 1.28. The van der Waals surface area contributed by atoms with Gasteiger partial charge in [0.25, 0.3) is 0 Å². The molecule has 2 heterocycles. The zero-order chi connectivity index (χ0) is 31.2. The number of pyridine rings is 1. The number of halogens is 1. The lowest BCUT2D eigenvalue weighted by molar-refractivity contribution is -0.0328. The van der Waals surface area contributed by atoms with Crippen LogP contribution in [0.15, 0.2) is 94.3 Å². The predicted molar refractivity (Wildman–Crippen MR) is 166 cm³/mol. The molecule has 0 saturated heterocycles.